The minimum absolute atomic E-state index is 0.0476. The van der Waals surface area contributed by atoms with E-state index in [9.17, 15) is 9.59 Å². The largest absolute Gasteiger partial charge is 0.467 e. The Hall–Kier alpha value is -3.61. The van der Waals surface area contributed by atoms with E-state index < -0.39 is 0 Å². The predicted molar refractivity (Wildman–Crippen MR) is 120 cm³/mol. The highest BCUT2D eigenvalue weighted by Gasteiger charge is 2.24. The molecular formula is C25H26N4O3. The summed E-state index contributed by atoms with van der Waals surface area (Å²) >= 11 is 0. The molecule has 0 unspecified atom stereocenters. The SMILES string of the molecule is O=C(NC1CC1)c1ccc(CN(Cc2ccco2)C(=O)c2ccc(NC3CC3)nc2)cc1. The number of furan rings is 1. The van der Waals surface area contributed by atoms with Gasteiger partial charge in [-0.05, 0) is 67.6 Å². The third-order valence-electron chi connectivity index (χ3n) is 5.66. The maximum absolute atomic E-state index is 13.3. The number of anilines is 1. The van der Waals surface area contributed by atoms with Crippen LogP contribution in [-0.4, -0.2) is 33.8 Å². The summed E-state index contributed by atoms with van der Waals surface area (Å²) in [7, 11) is 0. The number of carbonyl (C=O) groups excluding carboxylic acids is 2. The molecule has 1 aromatic carbocycles. The average molecular weight is 431 g/mol. The molecule has 2 saturated carbocycles. The molecule has 2 aliphatic carbocycles. The molecule has 3 aromatic rings. The molecule has 164 valence electrons. The minimum atomic E-state index is -0.123. The van der Waals surface area contributed by atoms with E-state index in [-0.39, 0.29) is 11.8 Å². The molecule has 2 heterocycles. The standard InChI is InChI=1S/C25H26N4O3/c30-24(28-21-10-11-21)18-5-3-17(4-6-18)15-29(16-22-2-1-13-32-22)25(31)19-7-12-23(26-14-19)27-20-8-9-20/h1-7,12-14,20-21H,8-11,15-16H2,(H,26,27)(H,28,30). The number of amides is 2. The molecule has 7 heteroatoms. The number of hydrogen-bond acceptors (Lipinski definition) is 5. The van der Waals surface area contributed by atoms with Crippen molar-refractivity contribution >= 4 is 17.6 Å². The third-order valence-corrected chi connectivity index (χ3v) is 5.66. The van der Waals surface area contributed by atoms with Crippen molar-refractivity contribution in [3.63, 3.8) is 0 Å². The molecule has 0 spiro atoms. The monoisotopic (exact) mass is 430 g/mol. The number of carbonyl (C=O) groups is 2. The molecule has 0 atom stereocenters. The van der Waals surface area contributed by atoms with E-state index in [1.807, 2.05) is 42.5 Å². The van der Waals surface area contributed by atoms with Crippen molar-refractivity contribution in [2.75, 3.05) is 5.32 Å². The molecule has 0 radical (unpaired) electrons. The Morgan fingerprint density at radius 1 is 0.938 bits per heavy atom. The maximum Gasteiger partial charge on any atom is 0.256 e. The smallest absolute Gasteiger partial charge is 0.256 e. The first-order valence-corrected chi connectivity index (χ1v) is 11.1. The van der Waals surface area contributed by atoms with Gasteiger partial charge in [-0.15, -0.1) is 0 Å². The molecule has 2 fully saturated rings. The molecule has 32 heavy (non-hydrogen) atoms. The Bertz CT molecular complexity index is 1070. The number of pyridine rings is 1. The van der Waals surface area contributed by atoms with Crippen molar-refractivity contribution in [3.8, 4) is 0 Å². The van der Waals surface area contributed by atoms with Crippen molar-refractivity contribution in [1.29, 1.82) is 0 Å². The van der Waals surface area contributed by atoms with Gasteiger partial charge in [0.1, 0.15) is 11.6 Å². The van der Waals surface area contributed by atoms with Crippen LogP contribution >= 0.6 is 0 Å². The van der Waals surface area contributed by atoms with Gasteiger partial charge in [0.2, 0.25) is 0 Å². The van der Waals surface area contributed by atoms with Crippen molar-refractivity contribution in [2.45, 2.75) is 50.9 Å². The van der Waals surface area contributed by atoms with E-state index in [0.717, 1.165) is 24.2 Å². The predicted octanol–water partition coefficient (Wildman–Crippen LogP) is 3.98. The van der Waals surface area contributed by atoms with Crippen LogP contribution in [0.4, 0.5) is 5.82 Å². The fourth-order valence-corrected chi connectivity index (χ4v) is 3.49. The fourth-order valence-electron chi connectivity index (χ4n) is 3.49. The zero-order valence-electron chi connectivity index (χ0n) is 17.8. The third kappa shape index (κ3) is 5.17. The summed E-state index contributed by atoms with van der Waals surface area (Å²) in [4.78, 5) is 31.6. The highest BCUT2D eigenvalue weighted by Crippen LogP contribution is 2.24. The van der Waals surface area contributed by atoms with E-state index in [2.05, 4.69) is 15.6 Å². The van der Waals surface area contributed by atoms with Crippen LogP contribution in [0.5, 0.6) is 0 Å². The van der Waals surface area contributed by atoms with E-state index in [4.69, 9.17) is 4.42 Å². The van der Waals surface area contributed by atoms with E-state index in [0.29, 0.717) is 42.1 Å². The second kappa shape index (κ2) is 8.86. The van der Waals surface area contributed by atoms with Gasteiger partial charge in [0, 0.05) is 30.4 Å². The summed E-state index contributed by atoms with van der Waals surface area (Å²) in [5.74, 6) is 1.33. The van der Waals surface area contributed by atoms with Crippen LogP contribution in [0.25, 0.3) is 0 Å². The molecule has 2 N–H and O–H groups in total. The Kier molecular flexibility index (Phi) is 5.62. The zero-order chi connectivity index (χ0) is 21.9. The summed E-state index contributed by atoms with van der Waals surface area (Å²) in [6.07, 6.45) is 7.67. The lowest BCUT2D eigenvalue weighted by Gasteiger charge is -2.22. The molecule has 0 saturated heterocycles. The highest BCUT2D eigenvalue weighted by atomic mass is 16.3. The van der Waals surface area contributed by atoms with Gasteiger partial charge < -0.3 is 20.0 Å². The fraction of sp³-hybridized carbons (Fsp3) is 0.320. The van der Waals surface area contributed by atoms with Crippen LogP contribution in [0.2, 0.25) is 0 Å². The van der Waals surface area contributed by atoms with Crippen LogP contribution in [0.15, 0.2) is 65.4 Å². The maximum atomic E-state index is 13.3. The lowest BCUT2D eigenvalue weighted by molar-refractivity contribution is 0.0717. The van der Waals surface area contributed by atoms with Crippen molar-refractivity contribution in [2.24, 2.45) is 0 Å². The first-order valence-electron chi connectivity index (χ1n) is 11.1. The second-order valence-corrected chi connectivity index (χ2v) is 8.54. The Morgan fingerprint density at radius 2 is 1.69 bits per heavy atom. The lowest BCUT2D eigenvalue weighted by atomic mass is 10.1. The lowest BCUT2D eigenvalue weighted by Crippen LogP contribution is -2.30. The van der Waals surface area contributed by atoms with Gasteiger partial charge in [-0.3, -0.25) is 9.59 Å². The topological polar surface area (TPSA) is 87.5 Å². The summed E-state index contributed by atoms with van der Waals surface area (Å²) in [5, 5.41) is 6.33. The molecule has 2 aromatic heterocycles. The van der Waals surface area contributed by atoms with Gasteiger partial charge in [-0.2, -0.15) is 0 Å². The second-order valence-electron chi connectivity index (χ2n) is 8.54. The number of nitrogens with one attached hydrogen (secondary N) is 2. The van der Waals surface area contributed by atoms with Crippen LogP contribution in [0.3, 0.4) is 0 Å². The highest BCUT2D eigenvalue weighted by molar-refractivity contribution is 5.95. The Labute approximate surface area is 186 Å². The van der Waals surface area contributed by atoms with Gasteiger partial charge >= 0.3 is 0 Å². The molecule has 5 rings (SSSR count). The van der Waals surface area contributed by atoms with Crippen molar-refractivity contribution in [1.82, 2.24) is 15.2 Å². The summed E-state index contributed by atoms with van der Waals surface area (Å²) in [5.41, 5.74) is 2.10. The minimum Gasteiger partial charge on any atom is -0.467 e. The Balaban J connectivity index is 1.29. The summed E-state index contributed by atoms with van der Waals surface area (Å²) in [6.45, 7) is 0.740. The molecule has 0 aliphatic heterocycles. The zero-order valence-corrected chi connectivity index (χ0v) is 17.8. The normalized spacial score (nSPS) is 15.2. The van der Waals surface area contributed by atoms with Gasteiger partial charge in [0.05, 0.1) is 18.4 Å². The summed E-state index contributed by atoms with van der Waals surface area (Å²) in [6, 6.07) is 15.6. The van der Waals surface area contributed by atoms with Crippen molar-refractivity contribution < 1.29 is 14.0 Å². The van der Waals surface area contributed by atoms with Gasteiger partial charge in [-0.25, -0.2) is 4.98 Å². The number of aromatic nitrogens is 1. The first kappa shape index (κ1) is 20.3. The van der Waals surface area contributed by atoms with Crippen LogP contribution in [-0.2, 0) is 13.1 Å². The molecule has 2 amide bonds. The van der Waals surface area contributed by atoms with E-state index in [1.54, 1.807) is 23.4 Å². The van der Waals surface area contributed by atoms with Crippen LogP contribution in [0, 0.1) is 0 Å². The number of nitrogens with zero attached hydrogens (tertiary/aromatic N) is 2. The van der Waals surface area contributed by atoms with E-state index >= 15 is 0 Å². The number of hydrogen-bond donors (Lipinski definition) is 2. The first-order chi connectivity index (χ1) is 15.6. The van der Waals surface area contributed by atoms with E-state index in [1.165, 1.54) is 12.8 Å². The quantitative estimate of drug-likeness (QED) is 0.536. The molecule has 2 aliphatic rings. The molecule has 7 nitrogen and oxygen atoms in total. The van der Waals surface area contributed by atoms with Gasteiger partial charge in [0.15, 0.2) is 0 Å². The molecular weight excluding hydrogens is 404 g/mol. The molecule has 0 bridgehead atoms. The number of benzene rings is 1. The van der Waals surface area contributed by atoms with Gasteiger partial charge in [-0.1, -0.05) is 12.1 Å². The summed E-state index contributed by atoms with van der Waals surface area (Å²) < 4.78 is 5.48. The van der Waals surface area contributed by atoms with Crippen LogP contribution < -0.4 is 10.6 Å². The van der Waals surface area contributed by atoms with Crippen LogP contribution in [0.1, 0.15) is 57.7 Å². The average Bonchev–Trinajstić information content (AvgIpc) is 3.74. The van der Waals surface area contributed by atoms with Crippen molar-refractivity contribution in [3.05, 3.63) is 83.4 Å². The number of rotatable bonds is 9. The Morgan fingerprint density at radius 3 is 2.31 bits per heavy atom. The van der Waals surface area contributed by atoms with Gasteiger partial charge in [0.25, 0.3) is 11.8 Å².